The van der Waals surface area contributed by atoms with Crippen molar-refractivity contribution in [1.29, 1.82) is 0 Å². The second-order valence-corrected chi connectivity index (χ2v) is 10.3. The lowest BCUT2D eigenvalue weighted by Crippen LogP contribution is -2.38. The zero-order valence-corrected chi connectivity index (χ0v) is 21.4. The van der Waals surface area contributed by atoms with Crippen LogP contribution in [0.4, 0.5) is 5.82 Å². The van der Waals surface area contributed by atoms with E-state index < -0.39 is 12.5 Å². The number of carboxylic acid groups (broad SMARTS) is 1. The maximum absolute atomic E-state index is 13.4. The Morgan fingerprint density at radius 3 is 2.56 bits per heavy atom. The Balaban J connectivity index is 1.87. The first-order valence-corrected chi connectivity index (χ1v) is 12.9. The van der Waals surface area contributed by atoms with Gasteiger partial charge in [-0.05, 0) is 43.2 Å². The van der Waals surface area contributed by atoms with Crippen molar-refractivity contribution in [2.24, 2.45) is 0 Å². The minimum atomic E-state index is -1.09. The number of carbonyl (C=O) groups is 2. The first-order valence-electron chi connectivity index (χ1n) is 11.5. The Bertz CT molecular complexity index is 1470. The van der Waals surface area contributed by atoms with Crippen LogP contribution in [-0.4, -0.2) is 39.1 Å². The summed E-state index contributed by atoms with van der Waals surface area (Å²) < 4.78 is 1.73. The predicted molar refractivity (Wildman–Crippen MR) is 144 cm³/mol. The van der Waals surface area contributed by atoms with Gasteiger partial charge in [0.1, 0.15) is 12.4 Å². The Morgan fingerprint density at radius 1 is 1.08 bits per heavy atom. The van der Waals surface area contributed by atoms with Crippen molar-refractivity contribution in [3.63, 3.8) is 0 Å². The molecule has 0 bridgehead atoms. The van der Waals surface area contributed by atoms with Gasteiger partial charge in [0, 0.05) is 16.1 Å². The summed E-state index contributed by atoms with van der Waals surface area (Å²) in [6.45, 7) is 3.54. The number of benzene rings is 3. The molecule has 0 spiro atoms. The number of fused-ring (bicyclic) bond motifs is 1. The molecule has 0 saturated carbocycles. The van der Waals surface area contributed by atoms with Gasteiger partial charge in [-0.2, -0.15) is 5.10 Å². The van der Waals surface area contributed by atoms with Gasteiger partial charge in [0.05, 0.1) is 22.4 Å². The third-order valence-corrected chi connectivity index (χ3v) is 7.65. The number of aromatic nitrogens is 2. The SMILES string of the molecule is Cc1ccc(-n2nc(-c3ccccc3)c3c2N(CC(=O)O)C(=O)CSC3c2cccc(Cl)c2)c(C)c1. The van der Waals surface area contributed by atoms with Crippen LogP contribution in [0.1, 0.15) is 27.5 Å². The molecule has 0 fully saturated rings. The fourth-order valence-corrected chi connectivity index (χ4v) is 5.99. The van der Waals surface area contributed by atoms with E-state index >= 15 is 0 Å². The lowest BCUT2D eigenvalue weighted by molar-refractivity contribution is -0.136. The molecule has 1 atom stereocenters. The number of nitrogens with zero attached hydrogens (tertiary/aromatic N) is 3. The molecule has 1 aliphatic rings. The van der Waals surface area contributed by atoms with Crippen LogP contribution in [0.5, 0.6) is 0 Å². The van der Waals surface area contributed by atoms with Crippen LogP contribution >= 0.6 is 23.4 Å². The normalized spacial score (nSPS) is 15.5. The number of hydrogen-bond acceptors (Lipinski definition) is 4. The van der Waals surface area contributed by atoms with E-state index in [9.17, 15) is 14.7 Å². The number of carbonyl (C=O) groups excluding carboxylic acids is 1. The van der Waals surface area contributed by atoms with E-state index in [0.717, 1.165) is 33.5 Å². The number of carboxylic acids is 1. The highest BCUT2D eigenvalue weighted by Crippen LogP contribution is 2.49. The van der Waals surface area contributed by atoms with Gasteiger partial charge in [-0.1, -0.05) is 71.8 Å². The van der Waals surface area contributed by atoms with Crippen LogP contribution in [0.25, 0.3) is 16.9 Å². The summed E-state index contributed by atoms with van der Waals surface area (Å²) in [7, 11) is 0. The molecular formula is C28H24ClN3O3S. The largest absolute Gasteiger partial charge is 0.480 e. The van der Waals surface area contributed by atoms with Gasteiger partial charge in [0.2, 0.25) is 5.91 Å². The maximum atomic E-state index is 13.4. The number of aliphatic carboxylic acids is 1. The van der Waals surface area contributed by atoms with Crippen LogP contribution in [0.2, 0.25) is 5.02 Å². The summed E-state index contributed by atoms with van der Waals surface area (Å²) in [5.41, 5.74) is 6.17. The van der Waals surface area contributed by atoms with E-state index in [1.54, 1.807) is 4.68 Å². The molecule has 36 heavy (non-hydrogen) atoms. The Kier molecular flexibility index (Phi) is 6.60. The molecule has 1 unspecified atom stereocenters. The summed E-state index contributed by atoms with van der Waals surface area (Å²) in [5, 5.41) is 15.1. The van der Waals surface area contributed by atoms with Crippen molar-refractivity contribution in [2.45, 2.75) is 19.1 Å². The summed E-state index contributed by atoms with van der Waals surface area (Å²) in [5.74, 6) is -0.766. The standard InChI is InChI=1S/C28H24ClN3O3S/c1-17-11-12-22(18(2)13-17)32-28-25(26(30-32)19-7-4-3-5-8-19)27(20-9-6-10-21(29)14-20)36-16-23(33)31(28)15-24(34)35/h3-14,27H,15-16H2,1-2H3,(H,34,35). The van der Waals surface area contributed by atoms with Gasteiger partial charge in [-0.25, -0.2) is 4.68 Å². The molecule has 5 rings (SSSR count). The first kappa shape index (κ1) is 24.2. The van der Waals surface area contributed by atoms with Gasteiger partial charge in [0.25, 0.3) is 0 Å². The van der Waals surface area contributed by atoms with Crippen LogP contribution in [-0.2, 0) is 9.59 Å². The number of aryl methyl sites for hydroxylation is 2. The van der Waals surface area contributed by atoms with Crippen molar-refractivity contribution in [2.75, 3.05) is 17.2 Å². The van der Waals surface area contributed by atoms with Gasteiger partial charge in [0.15, 0.2) is 0 Å². The highest BCUT2D eigenvalue weighted by Gasteiger charge is 2.37. The summed E-state index contributed by atoms with van der Waals surface area (Å²) >= 11 is 7.82. The molecule has 8 heteroatoms. The molecule has 0 radical (unpaired) electrons. The highest BCUT2D eigenvalue weighted by molar-refractivity contribution is 8.00. The van der Waals surface area contributed by atoms with E-state index in [1.807, 2.05) is 80.6 Å². The van der Waals surface area contributed by atoms with Crippen molar-refractivity contribution in [3.8, 4) is 16.9 Å². The molecule has 3 aromatic carbocycles. The van der Waals surface area contributed by atoms with Gasteiger partial charge in [-0.3, -0.25) is 14.5 Å². The van der Waals surface area contributed by atoms with Gasteiger partial charge < -0.3 is 5.11 Å². The van der Waals surface area contributed by atoms with E-state index in [-0.39, 0.29) is 16.9 Å². The minimum absolute atomic E-state index is 0.125. The van der Waals surface area contributed by atoms with Crippen LogP contribution in [0.3, 0.4) is 0 Å². The van der Waals surface area contributed by atoms with Crippen LogP contribution < -0.4 is 4.90 Å². The molecule has 1 amide bonds. The first-order chi connectivity index (χ1) is 17.3. The topological polar surface area (TPSA) is 75.4 Å². The van der Waals surface area contributed by atoms with Crippen molar-refractivity contribution in [1.82, 2.24) is 9.78 Å². The maximum Gasteiger partial charge on any atom is 0.323 e. The molecule has 1 N–H and O–H groups in total. The minimum Gasteiger partial charge on any atom is -0.480 e. The van der Waals surface area contributed by atoms with E-state index in [1.165, 1.54) is 16.7 Å². The second-order valence-electron chi connectivity index (χ2n) is 8.77. The smallest absolute Gasteiger partial charge is 0.323 e. The average Bonchev–Trinajstić information content (AvgIpc) is 3.16. The molecule has 0 saturated heterocycles. The third-order valence-electron chi connectivity index (χ3n) is 6.16. The molecule has 6 nitrogen and oxygen atoms in total. The summed E-state index contributed by atoms with van der Waals surface area (Å²) in [6.07, 6.45) is 0. The molecule has 0 aliphatic carbocycles. The Labute approximate surface area is 218 Å². The number of hydrogen-bond donors (Lipinski definition) is 1. The number of rotatable bonds is 5. The Morgan fingerprint density at radius 2 is 1.86 bits per heavy atom. The second kappa shape index (κ2) is 9.84. The molecule has 1 aromatic heterocycles. The van der Waals surface area contributed by atoms with Crippen molar-refractivity contribution in [3.05, 3.63) is 100 Å². The van der Waals surface area contributed by atoms with Gasteiger partial charge in [-0.15, -0.1) is 11.8 Å². The summed E-state index contributed by atoms with van der Waals surface area (Å²) in [6, 6.07) is 23.3. The fourth-order valence-electron chi connectivity index (χ4n) is 4.61. The highest BCUT2D eigenvalue weighted by atomic mass is 35.5. The predicted octanol–water partition coefficient (Wildman–Crippen LogP) is 6.06. The molecular weight excluding hydrogens is 494 g/mol. The lowest BCUT2D eigenvalue weighted by Gasteiger charge is -2.22. The molecule has 1 aliphatic heterocycles. The number of amides is 1. The molecule has 2 heterocycles. The van der Waals surface area contributed by atoms with E-state index in [4.69, 9.17) is 16.7 Å². The van der Waals surface area contributed by atoms with Crippen molar-refractivity contribution >= 4 is 41.1 Å². The molecule has 182 valence electrons. The van der Waals surface area contributed by atoms with E-state index in [0.29, 0.717) is 16.5 Å². The number of anilines is 1. The zero-order valence-electron chi connectivity index (χ0n) is 19.8. The number of thioether (sulfide) groups is 1. The van der Waals surface area contributed by atoms with Crippen LogP contribution in [0, 0.1) is 13.8 Å². The van der Waals surface area contributed by atoms with Crippen molar-refractivity contribution < 1.29 is 14.7 Å². The lowest BCUT2D eigenvalue weighted by atomic mass is 9.99. The quantitative estimate of drug-likeness (QED) is 0.348. The fraction of sp³-hybridized carbons (Fsp3) is 0.179. The third kappa shape index (κ3) is 4.52. The zero-order chi connectivity index (χ0) is 25.4. The van der Waals surface area contributed by atoms with Crippen LogP contribution in [0.15, 0.2) is 72.8 Å². The monoisotopic (exact) mass is 517 g/mol. The average molecular weight is 518 g/mol. The number of halogens is 1. The van der Waals surface area contributed by atoms with Gasteiger partial charge >= 0.3 is 5.97 Å². The van der Waals surface area contributed by atoms with E-state index in [2.05, 4.69) is 6.07 Å². The Hall–Kier alpha value is -3.55. The molecule has 4 aromatic rings. The summed E-state index contributed by atoms with van der Waals surface area (Å²) in [4.78, 5) is 26.7.